The fourth-order valence-corrected chi connectivity index (χ4v) is 4.85. The molecular formula is C20H27N3OS. The first-order valence-corrected chi connectivity index (χ1v) is 10.4. The van der Waals surface area contributed by atoms with Crippen molar-refractivity contribution in [3.05, 3.63) is 46.4 Å². The van der Waals surface area contributed by atoms with Crippen molar-refractivity contribution < 1.29 is 4.79 Å². The molecule has 25 heavy (non-hydrogen) atoms. The number of hydrogen-bond donors (Lipinski definition) is 0. The zero-order valence-electron chi connectivity index (χ0n) is 14.8. The Morgan fingerprint density at radius 2 is 2.00 bits per heavy atom. The predicted molar refractivity (Wildman–Crippen MR) is 102 cm³/mol. The lowest BCUT2D eigenvalue weighted by Crippen LogP contribution is -2.36. The highest BCUT2D eigenvalue weighted by atomic mass is 32.1. The number of thiophene rings is 1. The molecule has 5 heteroatoms. The van der Waals surface area contributed by atoms with Gasteiger partial charge in [0.2, 0.25) is 0 Å². The minimum Gasteiger partial charge on any atom is -0.338 e. The summed E-state index contributed by atoms with van der Waals surface area (Å²) in [6.45, 7) is 6.26. The first-order valence-electron chi connectivity index (χ1n) is 9.49. The summed E-state index contributed by atoms with van der Waals surface area (Å²) in [6.07, 6.45) is 7.23. The molecule has 0 aromatic carbocycles. The number of amides is 1. The maximum absolute atomic E-state index is 13.0. The lowest BCUT2D eigenvalue weighted by molar-refractivity contribution is 0.0772. The monoisotopic (exact) mass is 357 g/mol. The molecule has 4 rings (SSSR count). The molecule has 1 atom stereocenters. The van der Waals surface area contributed by atoms with Gasteiger partial charge >= 0.3 is 0 Å². The Hall–Kier alpha value is -1.59. The van der Waals surface area contributed by atoms with Gasteiger partial charge in [-0.25, -0.2) is 0 Å². The van der Waals surface area contributed by atoms with E-state index in [1.165, 1.54) is 43.8 Å². The molecule has 1 amide bonds. The number of likely N-dealkylation sites (tertiary alicyclic amines) is 2. The summed E-state index contributed by atoms with van der Waals surface area (Å²) >= 11 is 1.74. The fraction of sp³-hybridized carbons (Fsp3) is 0.550. The van der Waals surface area contributed by atoms with Gasteiger partial charge in [0.15, 0.2) is 0 Å². The van der Waals surface area contributed by atoms with Gasteiger partial charge in [0.25, 0.3) is 5.91 Å². The molecular weight excluding hydrogens is 330 g/mol. The van der Waals surface area contributed by atoms with Crippen LogP contribution in [-0.2, 0) is 6.54 Å². The Balaban J connectivity index is 1.36. The van der Waals surface area contributed by atoms with Crippen LogP contribution >= 0.6 is 11.3 Å². The molecule has 0 aliphatic carbocycles. The molecule has 2 aliphatic rings. The van der Waals surface area contributed by atoms with E-state index >= 15 is 0 Å². The van der Waals surface area contributed by atoms with Gasteiger partial charge in [-0.2, -0.15) is 0 Å². The van der Waals surface area contributed by atoms with E-state index in [9.17, 15) is 4.79 Å². The van der Waals surface area contributed by atoms with E-state index in [2.05, 4.69) is 31.9 Å². The third-order valence-corrected chi connectivity index (χ3v) is 6.35. The molecule has 0 radical (unpaired) electrons. The third-order valence-electron chi connectivity index (χ3n) is 5.49. The molecule has 4 heterocycles. The molecule has 2 aromatic heterocycles. The minimum atomic E-state index is 0.197. The Labute approximate surface area is 154 Å². The van der Waals surface area contributed by atoms with Gasteiger partial charge in [0.1, 0.15) is 5.69 Å². The molecule has 0 spiro atoms. The van der Waals surface area contributed by atoms with Crippen molar-refractivity contribution in [2.24, 2.45) is 5.92 Å². The van der Waals surface area contributed by atoms with E-state index in [0.717, 1.165) is 31.7 Å². The predicted octanol–water partition coefficient (Wildman–Crippen LogP) is 3.55. The largest absolute Gasteiger partial charge is 0.338 e. The summed E-state index contributed by atoms with van der Waals surface area (Å²) < 4.78 is 2.09. The van der Waals surface area contributed by atoms with Gasteiger partial charge in [-0.1, -0.05) is 12.5 Å². The van der Waals surface area contributed by atoms with Gasteiger partial charge in [-0.15, -0.1) is 11.3 Å². The van der Waals surface area contributed by atoms with Gasteiger partial charge in [-0.05, 0) is 61.8 Å². The molecule has 2 saturated heterocycles. The summed E-state index contributed by atoms with van der Waals surface area (Å²) in [5.41, 5.74) is 0.826. The highest BCUT2D eigenvalue weighted by Gasteiger charge is 2.29. The Bertz CT molecular complexity index is 688. The molecule has 1 unspecified atom stereocenters. The SMILES string of the molecule is O=C(c1cccn1Cc1cccs1)N1CCC(CN2CCCCC2)C1. The Morgan fingerprint density at radius 1 is 1.12 bits per heavy atom. The fourth-order valence-electron chi connectivity index (χ4n) is 4.15. The summed E-state index contributed by atoms with van der Waals surface area (Å²) in [5, 5.41) is 2.09. The highest BCUT2D eigenvalue weighted by molar-refractivity contribution is 7.09. The molecule has 0 bridgehead atoms. The van der Waals surface area contributed by atoms with Gasteiger partial charge in [0, 0.05) is 30.7 Å². The van der Waals surface area contributed by atoms with Crippen LogP contribution in [0.15, 0.2) is 35.8 Å². The van der Waals surface area contributed by atoms with Crippen molar-refractivity contribution in [3.63, 3.8) is 0 Å². The topological polar surface area (TPSA) is 28.5 Å². The van der Waals surface area contributed by atoms with Crippen molar-refractivity contribution in [1.82, 2.24) is 14.4 Å². The zero-order valence-corrected chi connectivity index (χ0v) is 15.6. The summed E-state index contributed by atoms with van der Waals surface area (Å²) in [6, 6.07) is 8.15. The second-order valence-electron chi connectivity index (χ2n) is 7.37. The number of carbonyl (C=O) groups excluding carboxylic acids is 1. The normalized spacial score (nSPS) is 21.8. The average molecular weight is 358 g/mol. The van der Waals surface area contributed by atoms with Crippen LogP contribution in [0, 0.1) is 5.92 Å². The number of piperidine rings is 1. The molecule has 4 nitrogen and oxygen atoms in total. The molecule has 0 saturated carbocycles. The number of rotatable bonds is 5. The molecule has 2 aliphatic heterocycles. The van der Waals surface area contributed by atoms with Gasteiger partial charge in [0.05, 0.1) is 6.54 Å². The second kappa shape index (κ2) is 7.75. The summed E-state index contributed by atoms with van der Waals surface area (Å²) in [4.78, 5) is 18.9. The Kier molecular flexibility index (Phi) is 5.22. The quantitative estimate of drug-likeness (QED) is 0.819. The van der Waals surface area contributed by atoms with Crippen LogP contribution in [0.2, 0.25) is 0 Å². The number of carbonyl (C=O) groups is 1. The second-order valence-corrected chi connectivity index (χ2v) is 8.40. The molecule has 134 valence electrons. The van der Waals surface area contributed by atoms with Crippen LogP contribution in [0.4, 0.5) is 0 Å². The number of nitrogens with zero attached hydrogens (tertiary/aromatic N) is 3. The van der Waals surface area contributed by atoms with Crippen molar-refractivity contribution in [1.29, 1.82) is 0 Å². The first kappa shape index (κ1) is 16.9. The van der Waals surface area contributed by atoms with Crippen LogP contribution in [0.25, 0.3) is 0 Å². The van der Waals surface area contributed by atoms with Crippen LogP contribution in [0.5, 0.6) is 0 Å². The smallest absolute Gasteiger partial charge is 0.270 e. The average Bonchev–Trinajstić information content (AvgIpc) is 3.38. The van der Waals surface area contributed by atoms with Crippen LogP contribution in [-0.4, -0.2) is 53.0 Å². The minimum absolute atomic E-state index is 0.197. The third kappa shape index (κ3) is 3.98. The zero-order chi connectivity index (χ0) is 17.1. The van der Waals surface area contributed by atoms with Crippen LogP contribution in [0.3, 0.4) is 0 Å². The van der Waals surface area contributed by atoms with Crippen molar-refractivity contribution in [3.8, 4) is 0 Å². The van der Waals surface area contributed by atoms with Crippen LogP contribution in [0.1, 0.15) is 41.0 Å². The van der Waals surface area contributed by atoms with E-state index in [1.54, 1.807) is 11.3 Å². The van der Waals surface area contributed by atoms with Gasteiger partial charge in [-0.3, -0.25) is 4.79 Å². The highest BCUT2D eigenvalue weighted by Crippen LogP contribution is 2.22. The number of aromatic nitrogens is 1. The molecule has 0 N–H and O–H groups in total. The summed E-state index contributed by atoms with van der Waals surface area (Å²) in [5.74, 6) is 0.838. The maximum atomic E-state index is 13.0. The lowest BCUT2D eigenvalue weighted by Gasteiger charge is -2.29. The van der Waals surface area contributed by atoms with Crippen molar-refractivity contribution >= 4 is 17.2 Å². The standard InChI is InChI=1S/C20H27N3OS/c24-20(19-7-4-11-22(19)16-18-6-5-13-25-18)23-12-8-17(15-23)14-21-9-2-1-3-10-21/h4-7,11,13,17H,1-3,8-10,12,14-16H2. The van der Waals surface area contributed by atoms with E-state index in [-0.39, 0.29) is 5.91 Å². The molecule has 2 fully saturated rings. The summed E-state index contributed by atoms with van der Waals surface area (Å²) in [7, 11) is 0. The van der Waals surface area contributed by atoms with E-state index < -0.39 is 0 Å². The number of hydrogen-bond acceptors (Lipinski definition) is 3. The lowest BCUT2D eigenvalue weighted by atomic mass is 10.1. The van der Waals surface area contributed by atoms with Crippen molar-refractivity contribution in [2.45, 2.75) is 32.2 Å². The van der Waals surface area contributed by atoms with Gasteiger partial charge < -0.3 is 14.4 Å². The van der Waals surface area contributed by atoms with E-state index in [4.69, 9.17) is 0 Å². The Morgan fingerprint density at radius 3 is 2.80 bits per heavy atom. The van der Waals surface area contributed by atoms with E-state index in [0.29, 0.717) is 5.92 Å². The maximum Gasteiger partial charge on any atom is 0.270 e. The first-order chi connectivity index (χ1) is 12.3. The van der Waals surface area contributed by atoms with E-state index in [1.807, 2.05) is 18.3 Å². The molecule has 2 aromatic rings. The van der Waals surface area contributed by atoms with Crippen LogP contribution < -0.4 is 0 Å². The van der Waals surface area contributed by atoms with Crippen molar-refractivity contribution in [2.75, 3.05) is 32.7 Å².